The van der Waals surface area contributed by atoms with Gasteiger partial charge in [0.15, 0.2) is 17.5 Å². The van der Waals surface area contributed by atoms with Crippen LogP contribution in [0.3, 0.4) is 0 Å². The SMILES string of the molecule is c1ccc(-c2nc(-c3ccccc3)nc(-c3cccc(-c4cnc(-c5ccc6sc7ccccc7c6n5)c5ccccc45)c3)n2)cc1. The van der Waals surface area contributed by atoms with Crippen LogP contribution < -0.4 is 0 Å². The molecule has 5 aromatic carbocycles. The molecule has 0 amide bonds. The first-order chi connectivity index (χ1) is 23.3. The van der Waals surface area contributed by atoms with Gasteiger partial charge in [-0.3, -0.25) is 4.98 Å². The van der Waals surface area contributed by atoms with E-state index in [1.807, 2.05) is 66.9 Å². The number of nitrogens with zero attached hydrogens (tertiary/aromatic N) is 5. The van der Waals surface area contributed by atoms with E-state index in [2.05, 4.69) is 84.9 Å². The van der Waals surface area contributed by atoms with Gasteiger partial charge in [0.25, 0.3) is 0 Å². The standard InChI is InChI=1S/C41H25N5S/c1-3-12-26(13-4-1)39-44-40(27-14-5-2-6-15-27)46-41(45-39)29-17-11-16-28(24-29)33-25-42-37(31-19-8-7-18-30(31)33)34-22-23-36-38(43-34)32-20-9-10-21-35(32)47-36/h1-25H. The highest BCUT2D eigenvalue weighted by molar-refractivity contribution is 7.25. The van der Waals surface area contributed by atoms with Crippen LogP contribution in [0.4, 0.5) is 0 Å². The van der Waals surface area contributed by atoms with Gasteiger partial charge in [-0.25, -0.2) is 19.9 Å². The Hall–Kier alpha value is -6.11. The van der Waals surface area contributed by atoms with Gasteiger partial charge >= 0.3 is 0 Å². The lowest BCUT2D eigenvalue weighted by Gasteiger charge is -2.12. The van der Waals surface area contributed by atoms with E-state index in [1.54, 1.807) is 11.3 Å². The summed E-state index contributed by atoms with van der Waals surface area (Å²) in [5, 5.41) is 3.34. The first-order valence-electron chi connectivity index (χ1n) is 15.4. The van der Waals surface area contributed by atoms with E-state index in [1.165, 1.54) is 14.8 Å². The lowest BCUT2D eigenvalue weighted by atomic mass is 9.97. The minimum atomic E-state index is 0.619. The summed E-state index contributed by atoms with van der Waals surface area (Å²) in [6.07, 6.45) is 1.96. The van der Waals surface area contributed by atoms with E-state index in [9.17, 15) is 0 Å². The summed E-state index contributed by atoms with van der Waals surface area (Å²) in [7, 11) is 0. The normalized spacial score (nSPS) is 11.4. The van der Waals surface area contributed by atoms with Gasteiger partial charge in [-0.2, -0.15) is 0 Å². The average molecular weight is 620 g/mol. The third kappa shape index (κ3) is 4.92. The Labute approximate surface area is 275 Å². The number of rotatable bonds is 5. The highest BCUT2D eigenvalue weighted by atomic mass is 32.1. The summed E-state index contributed by atoms with van der Waals surface area (Å²) in [5.74, 6) is 1.90. The molecular formula is C41H25N5S. The number of benzene rings is 5. The zero-order valence-corrected chi connectivity index (χ0v) is 25.9. The zero-order chi connectivity index (χ0) is 31.2. The highest BCUT2D eigenvalue weighted by Gasteiger charge is 2.16. The van der Waals surface area contributed by atoms with E-state index in [4.69, 9.17) is 24.9 Å². The van der Waals surface area contributed by atoms with Crippen LogP contribution in [0.2, 0.25) is 0 Å². The Morgan fingerprint density at radius 1 is 0.404 bits per heavy atom. The van der Waals surface area contributed by atoms with E-state index < -0.39 is 0 Å². The number of pyridine rings is 2. The Morgan fingerprint density at radius 2 is 0.979 bits per heavy atom. The molecule has 0 saturated carbocycles. The van der Waals surface area contributed by atoms with Crippen LogP contribution in [-0.4, -0.2) is 24.9 Å². The largest absolute Gasteiger partial charge is 0.253 e. The summed E-state index contributed by atoms with van der Waals surface area (Å²) in [6, 6.07) is 49.6. The van der Waals surface area contributed by atoms with Crippen LogP contribution in [0.1, 0.15) is 0 Å². The highest BCUT2D eigenvalue weighted by Crippen LogP contribution is 2.38. The summed E-state index contributed by atoms with van der Waals surface area (Å²) in [4.78, 5) is 24.9. The molecule has 0 aliphatic heterocycles. The van der Waals surface area contributed by atoms with Crippen molar-refractivity contribution in [1.82, 2.24) is 24.9 Å². The minimum Gasteiger partial charge on any atom is -0.253 e. The number of hydrogen-bond donors (Lipinski definition) is 0. The van der Waals surface area contributed by atoms with Crippen LogP contribution in [-0.2, 0) is 0 Å². The van der Waals surface area contributed by atoms with Crippen molar-refractivity contribution in [2.75, 3.05) is 0 Å². The molecule has 0 N–H and O–H groups in total. The van der Waals surface area contributed by atoms with Crippen LogP contribution >= 0.6 is 11.3 Å². The van der Waals surface area contributed by atoms with Gasteiger partial charge < -0.3 is 0 Å². The molecule has 0 atom stereocenters. The molecule has 4 heterocycles. The minimum absolute atomic E-state index is 0.619. The molecule has 0 aliphatic carbocycles. The van der Waals surface area contributed by atoms with Gasteiger partial charge in [-0.1, -0.05) is 121 Å². The van der Waals surface area contributed by atoms with E-state index >= 15 is 0 Å². The summed E-state index contributed by atoms with van der Waals surface area (Å²) in [5.41, 5.74) is 7.62. The second kappa shape index (κ2) is 11.4. The molecule has 0 bridgehead atoms. The van der Waals surface area contributed by atoms with Crippen molar-refractivity contribution in [3.8, 4) is 56.7 Å². The number of aromatic nitrogens is 5. The Balaban J connectivity index is 1.17. The maximum atomic E-state index is 5.13. The molecular weight excluding hydrogens is 595 g/mol. The maximum absolute atomic E-state index is 5.13. The third-order valence-corrected chi connectivity index (χ3v) is 9.51. The zero-order valence-electron chi connectivity index (χ0n) is 25.1. The van der Waals surface area contributed by atoms with Crippen molar-refractivity contribution in [3.05, 3.63) is 152 Å². The first kappa shape index (κ1) is 27.2. The number of hydrogen-bond acceptors (Lipinski definition) is 6. The molecule has 0 saturated heterocycles. The first-order valence-corrected chi connectivity index (χ1v) is 16.2. The second-order valence-electron chi connectivity index (χ2n) is 11.3. The maximum Gasteiger partial charge on any atom is 0.164 e. The fourth-order valence-corrected chi connectivity index (χ4v) is 7.16. The van der Waals surface area contributed by atoms with Crippen molar-refractivity contribution in [2.45, 2.75) is 0 Å². The Morgan fingerprint density at radius 3 is 1.70 bits per heavy atom. The van der Waals surface area contributed by atoms with Gasteiger partial charge in [0, 0.05) is 43.9 Å². The van der Waals surface area contributed by atoms with Crippen molar-refractivity contribution >= 4 is 42.4 Å². The Bertz CT molecular complexity index is 2520. The lowest BCUT2D eigenvalue weighted by Crippen LogP contribution is -2.00. The molecule has 5 nitrogen and oxygen atoms in total. The molecule has 0 unspecified atom stereocenters. The predicted molar refractivity (Wildman–Crippen MR) is 193 cm³/mol. The molecule has 0 radical (unpaired) electrons. The monoisotopic (exact) mass is 619 g/mol. The fraction of sp³-hybridized carbons (Fsp3) is 0. The molecule has 6 heteroatoms. The molecule has 4 aromatic heterocycles. The van der Waals surface area contributed by atoms with Crippen LogP contribution in [0.5, 0.6) is 0 Å². The van der Waals surface area contributed by atoms with Crippen molar-refractivity contribution < 1.29 is 0 Å². The lowest BCUT2D eigenvalue weighted by molar-refractivity contribution is 1.07. The summed E-state index contributed by atoms with van der Waals surface area (Å²) < 4.78 is 2.42. The number of fused-ring (bicyclic) bond motifs is 4. The smallest absolute Gasteiger partial charge is 0.164 e. The number of thiophene rings is 1. The van der Waals surface area contributed by atoms with E-state index in [-0.39, 0.29) is 0 Å². The molecule has 9 aromatic rings. The molecule has 0 fully saturated rings. The van der Waals surface area contributed by atoms with Gasteiger partial charge in [-0.15, -0.1) is 11.3 Å². The predicted octanol–water partition coefficient (Wildman–Crippen LogP) is 10.5. The average Bonchev–Trinajstić information content (AvgIpc) is 3.53. The molecule has 0 aliphatic rings. The van der Waals surface area contributed by atoms with Crippen LogP contribution in [0.25, 0.3) is 87.8 Å². The van der Waals surface area contributed by atoms with E-state index in [0.717, 1.165) is 55.5 Å². The van der Waals surface area contributed by atoms with Crippen LogP contribution in [0, 0.1) is 0 Å². The molecule has 9 rings (SSSR count). The van der Waals surface area contributed by atoms with Crippen LogP contribution in [0.15, 0.2) is 152 Å². The summed E-state index contributed by atoms with van der Waals surface area (Å²) in [6.45, 7) is 0. The fourth-order valence-electron chi connectivity index (χ4n) is 6.11. The van der Waals surface area contributed by atoms with Gasteiger partial charge in [0.05, 0.1) is 21.6 Å². The molecule has 47 heavy (non-hydrogen) atoms. The molecule has 0 spiro atoms. The second-order valence-corrected chi connectivity index (χ2v) is 12.4. The van der Waals surface area contributed by atoms with Crippen molar-refractivity contribution in [2.24, 2.45) is 0 Å². The topological polar surface area (TPSA) is 64.5 Å². The van der Waals surface area contributed by atoms with Crippen molar-refractivity contribution in [3.63, 3.8) is 0 Å². The Kier molecular flexibility index (Phi) is 6.58. The van der Waals surface area contributed by atoms with Gasteiger partial charge in [0.2, 0.25) is 0 Å². The summed E-state index contributed by atoms with van der Waals surface area (Å²) >= 11 is 1.77. The molecule has 220 valence electrons. The third-order valence-electron chi connectivity index (χ3n) is 8.39. The van der Waals surface area contributed by atoms with E-state index in [0.29, 0.717) is 17.5 Å². The quantitative estimate of drug-likeness (QED) is 0.192. The van der Waals surface area contributed by atoms with Gasteiger partial charge in [-0.05, 0) is 35.2 Å². The van der Waals surface area contributed by atoms with Crippen molar-refractivity contribution in [1.29, 1.82) is 0 Å². The van der Waals surface area contributed by atoms with Gasteiger partial charge in [0.1, 0.15) is 0 Å².